The Morgan fingerprint density at radius 1 is 1.39 bits per heavy atom. The molecule has 18 heavy (non-hydrogen) atoms. The van der Waals surface area contributed by atoms with E-state index in [-0.39, 0.29) is 12.5 Å². The van der Waals surface area contributed by atoms with Crippen LogP contribution < -0.4 is 0 Å². The van der Waals surface area contributed by atoms with E-state index in [0.717, 1.165) is 29.9 Å². The van der Waals surface area contributed by atoms with Gasteiger partial charge in [0.15, 0.2) is 0 Å². The van der Waals surface area contributed by atoms with Crippen molar-refractivity contribution in [1.82, 2.24) is 0 Å². The van der Waals surface area contributed by atoms with Gasteiger partial charge in [0.2, 0.25) is 0 Å². The van der Waals surface area contributed by atoms with Crippen LogP contribution in [0.3, 0.4) is 0 Å². The monoisotopic (exact) mass is 268 g/mol. The summed E-state index contributed by atoms with van der Waals surface area (Å²) in [6.45, 7) is 0.763. The van der Waals surface area contributed by atoms with Crippen molar-refractivity contribution in [3.63, 3.8) is 0 Å². The van der Waals surface area contributed by atoms with Crippen LogP contribution in [0.2, 0.25) is 0 Å². The van der Waals surface area contributed by atoms with Gasteiger partial charge >= 0.3 is 5.97 Å². The highest BCUT2D eigenvalue weighted by Crippen LogP contribution is 2.17. The number of carboxylic acids is 1. The van der Waals surface area contributed by atoms with E-state index in [1.54, 1.807) is 24.3 Å². The Morgan fingerprint density at radius 3 is 2.67 bits per heavy atom. The third-order valence-electron chi connectivity index (χ3n) is 2.90. The van der Waals surface area contributed by atoms with Crippen molar-refractivity contribution in [1.29, 1.82) is 0 Å². The number of carboxylic acid groups (broad SMARTS) is 1. The molecule has 1 aliphatic heterocycles. The van der Waals surface area contributed by atoms with Crippen molar-refractivity contribution >= 4 is 16.8 Å². The molecule has 98 valence electrons. The summed E-state index contributed by atoms with van der Waals surface area (Å²) in [4.78, 5) is 11.3. The molecule has 5 heteroatoms. The first-order valence-corrected chi connectivity index (χ1v) is 7.28. The summed E-state index contributed by atoms with van der Waals surface area (Å²) in [7, 11) is -1.07. The Hall–Kier alpha value is -1.20. The van der Waals surface area contributed by atoms with E-state index in [9.17, 15) is 9.00 Å². The van der Waals surface area contributed by atoms with Crippen LogP contribution in [0.15, 0.2) is 29.2 Å². The second-order valence-corrected chi connectivity index (χ2v) is 5.86. The maximum Gasteiger partial charge on any atom is 0.307 e. The summed E-state index contributed by atoms with van der Waals surface area (Å²) < 4.78 is 17.5. The van der Waals surface area contributed by atoms with Crippen LogP contribution >= 0.6 is 0 Å². The van der Waals surface area contributed by atoms with Gasteiger partial charge < -0.3 is 9.84 Å². The van der Waals surface area contributed by atoms with Gasteiger partial charge in [-0.3, -0.25) is 9.00 Å². The van der Waals surface area contributed by atoms with Crippen LogP contribution in [-0.4, -0.2) is 33.7 Å². The van der Waals surface area contributed by atoms with E-state index in [4.69, 9.17) is 9.84 Å². The molecule has 1 aromatic rings. The molecule has 0 aromatic heterocycles. The van der Waals surface area contributed by atoms with E-state index in [1.807, 2.05) is 0 Å². The minimum atomic E-state index is -1.07. The van der Waals surface area contributed by atoms with Gasteiger partial charge in [0, 0.05) is 11.5 Å². The molecule has 1 N–H and O–H groups in total. The third kappa shape index (κ3) is 3.65. The van der Waals surface area contributed by atoms with Crippen LogP contribution in [0.5, 0.6) is 0 Å². The predicted octanol–water partition coefficient (Wildman–Crippen LogP) is 1.60. The fraction of sp³-hybridized carbons (Fsp3) is 0.462. The number of rotatable bonds is 5. The highest BCUT2D eigenvalue weighted by Gasteiger charge is 2.19. The normalized spacial score (nSPS) is 20.8. The largest absolute Gasteiger partial charge is 0.481 e. The maximum atomic E-state index is 12.0. The van der Waals surface area contributed by atoms with E-state index in [0.29, 0.717) is 5.75 Å². The van der Waals surface area contributed by atoms with Gasteiger partial charge in [-0.25, -0.2) is 0 Å². The van der Waals surface area contributed by atoms with Crippen molar-refractivity contribution in [3.05, 3.63) is 29.8 Å². The topological polar surface area (TPSA) is 63.6 Å². The SMILES string of the molecule is O=C(O)Cc1ccc(S(=O)CC2CCCO2)cc1. The molecule has 0 spiro atoms. The predicted molar refractivity (Wildman–Crippen MR) is 68.0 cm³/mol. The first-order chi connectivity index (χ1) is 8.65. The molecule has 0 radical (unpaired) electrons. The summed E-state index contributed by atoms with van der Waals surface area (Å²) >= 11 is 0. The first-order valence-electron chi connectivity index (χ1n) is 5.96. The molecule has 0 amide bonds. The average molecular weight is 268 g/mol. The van der Waals surface area contributed by atoms with Gasteiger partial charge in [-0.1, -0.05) is 12.1 Å². The van der Waals surface area contributed by atoms with E-state index in [2.05, 4.69) is 0 Å². The highest BCUT2D eigenvalue weighted by atomic mass is 32.2. The Labute approximate surface area is 108 Å². The van der Waals surface area contributed by atoms with Crippen LogP contribution in [0.4, 0.5) is 0 Å². The molecular formula is C13H16O4S. The zero-order valence-electron chi connectivity index (χ0n) is 10.0. The number of carbonyl (C=O) groups is 1. The van der Waals surface area contributed by atoms with Gasteiger partial charge in [-0.05, 0) is 30.5 Å². The zero-order chi connectivity index (χ0) is 13.0. The molecular weight excluding hydrogens is 252 g/mol. The minimum Gasteiger partial charge on any atom is -0.481 e. The number of aliphatic carboxylic acids is 1. The van der Waals surface area contributed by atoms with Crippen molar-refractivity contribution in [3.8, 4) is 0 Å². The van der Waals surface area contributed by atoms with Gasteiger partial charge in [0.05, 0.1) is 29.1 Å². The molecule has 4 nitrogen and oxygen atoms in total. The molecule has 2 rings (SSSR count). The number of benzene rings is 1. The molecule has 0 aliphatic carbocycles. The Bertz CT molecular complexity index is 435. The summed E-state index contributed by atoms with van der Waals surface area (Å²) in [5.74, 6) is -0.332. The number of hydrogen-bond acceptors (Lipinski definition) is 3. The van der Waals surface area contributed by atoms with Gasteiger partial charge in [0.1, 0.15) is 0 Å². The molecule has 2 atom stereocenters. The molecule has 0 saturated carbocycles. The van der Waals surface area contributed by atoms with Crippen molar-refractivity contribution in [2.45, 2.75) is 30.3 Å². The molecule has 1 aliphatic rings. The van der Waals surface area contributed by atoms with Gasteiger partial charge in [0.25, 0.3) is 0 Å². The van der Waals surface area contributed by atoms with Crippen molar-refractivity contribution < 1.29 is 18.8 Å². The van der Waals surface area contributed by atoms with E-state index < -0.39 is 16.8 Å². The van der Waals surface area contributed by atoms with Gasteiger partial charge in [-0.15, -0.1) is 0 Å². The lowest BCUT2D eigenvalue weighted by atomic mass is 10.2. The van der Waals surface area contributed by atoms with E-state index >= 15 is 0 Å². The lowest BCUT2D eigenvalue weighted by Gasteiger charge is -2.09. The molecule has 1 fully saturated rings. The van der Waals surface area contributed by atoms with E-state index in [1.165, 1.54) is 0 Å². The number of ether oxygens (including phenoxy) is 1. The molecule has 0 bridgehead atoms. The summed E-state index contributed by atoms with van der Waals surface area (Å²) in [5.41, 5.74) is 0.723. The average Bonchev–Trinajstić information content (AvgIpc) is 2.82. The second-order valence-electron chi connectivity index (χ2n) is 4.36. The van der Waals surface area contributed by atoms with Crippen LogP contribution in [0, 0.1) is 0 Å². The Morgan fingerprint density at radius 2 is 2.11 bits per heavy atom. The lowest BCUT2D eigenvalue weighted by molar-refractivity contribution is -0.136. The molecule has 1 aromatic carbocycles. The molecule has 1 saturated heterocycles. The second kappa shape index (κ2) is 6.11. The minimum absolute atomic E-state index is 0.00134. The zero-order valence-corrected chi connectivity index (χ0v) is 10.8. The third-order valence-corrected chi connectivity index (χ3v) is 4.38. The smallest absolute Gasteiger partial charge is 0.307 e. The Balaban J connectivity index is 1.95. The van der Waals surface area contributed by atoms with Crippen LogP contribution in [-0.2, 0) is 26.8 Å². The maximum absolute atomic E-state index is 12.0. The lowest BCUT2D eigenvalue weighted by Crippen LogP contribution is -2.15. The van der Waals surface area contributed by atoms with Crippen molar-refractivity contribution in [2.75, 3.05) is 12.4 Å². The fourth-order valence-corrected chi connectivity index (χ4v) is 3.21. The molecule has 2 unspecified atom stereocenters. The van der Waals surface area contributed by atoms with Gasteiger partial charge in [-0.2, -0.15) is 0 Å². The summed E-state index contributed by atoms with van der Waals surface area (Å²) in [5, 5.41) is 8.66. The standard InChI is InChI=1S/C13H16O4S/c14-13(15)8-10-3-5-12(6-4-10)18(16)9-11-2-1-7-17-11/h3-6,11H,1-2,7-9H2,(H,14,15). The Kier molecular flexibility index (Phi) is 4.49. The summed E-state index contributed by atoms with van der Waals surface area (Å²) in [6, 6.07) is 6.92. The first kappa shape index (κ1) is 13.2. The summed E-state index contributed by atoms with van der Waals surface area (Å²) in [6.07, 6.45) is 2.12. The highest BCUT2D eigenvalue weighted by molar-refractivity contribution is 7.85. The quantitative estimate of drug-likeness (QED) is 0.881. The van der Waals surface area contributed by atoms with Crippen LogP contribution in [0.1, 0.15) is 18.4 Å². The molecule has 1 heterocycles. The number of hydrogen-bond donors (Lipinski definition) is 1. The fourth-order valence-electron chi connectivity index (χ4n) is 1.97. The van der Waals surface area contributed by atoms with Crippen LogP contribution in [0.25, 0.3) is 0 Å². The van der Waals surface area contributed by atoms with Crippen molar-refractivity contribution in [2.24, 2.45) is 0 Å².